The van der Waals surface area contributed by atoms with E-state index in [1.165, 1.54) is 30.6 Å². The van der Waals surface area contributed by atoms with Crippen LogP contribution in [-0.4, -0.2) is 52.8 Å². The van der Waals surface area contributed by atoms with E-state index in [1.54, 1.807) is 12.1 Å². The van der Waals surface area contributed by atoms with Crippen molar-refractivity contribution in [1.29, 1.82) is 0 Å². The third-order valence-corrected chi connectivity index (χ3v) is 6.01. The second kappa shape index (κ2) is 9.91. The van der Waals surface area contributed by atoms with E-state index in [4.69, 9.17) is 27.9 Å². The monoisotopic (exact) mass is 490 g/mol. The van der Waals surface area contributed by atoms with Crippen LogP contribution in [0.5, 0.6) is 5.88 Å². The highest BCUT2D eigenvalue weighted by atomic mass is 35.5. The first-order chi connectivity index (χ1) is 15.8. The lowest BCUT2D eigenvalue weighted by Crippen LogP contribution is -2.35. The summed E-state index contributed by atoms with van der Waals surface area (Å²) in [5, 5.41) is 2.41. The highest BCUT2D eigenvalue weighted by Gasteiger charge is 2.22. The molecule has 3 heterocycles. The minimum atomic E-state index is -0.907. The van der Waals surface area contributed by atoms with Crippen LogP contribution in [0.1, 0.15) is 39.3 Å². The van der Waals surface area contributed by atoms with Gasteiger partial charge in [-0.25, -0.2) is 9.37 Å². The summed E-state index contributed by atoms with van der Waals surface area (Å²) in [7, 11) is 2.08. The summed E-state index contributed by atoms with van der Waals surface area (Å²) in [6, 6.07) is 7.31. The summed E-state index contributed by atoms with van der Waals surface area (Å²) in [6.45, 7) is 1.96. The number of pyridine rings is 1. The number of aromatic amines is 1. The van der Waals surface area contributed by atoms with Crippen molar-refractivity contribution < 1.29 is 18.7 Å². The van der Waals surface area contributed by atoms with Crippen LogP contribution in [0.3, 0.4) is 0 Å². The molecule has 0 radical (unpaired) electrons. The van der Waals surface area contributed by atoms with Crippen LogP contribution in [0.15, 0.2) is 42.7 Å². The Bertz CT molecular complexity index is 1170. The van der Waals surface area contributed by atoms with Crippen molar-refractivity contribution in [3.63, 3.8) is 0 Å². The van der Waals surface area contributed by atoms with E-state index in [-0.39, 0.29) is 33.0 Å². The second-order valence-corrected chi connectivity index (χ2v) is 8.62. The Hall–Kier alpha value is -2.94. The van der Waals surface area contributed by atoms with Gasteiger partial charge in [0.15, 0.2) is 11.6 Å². The highest BCUT2D eigenvalue weighted by molar-refractivity contribution is 6.37. The van der Waals surface area contributed by atoms with E-state index < -0.39 is 17.5 Å². The molecule has 0 saturated carbocycles. The maximum Gasteiger partial charge on any atom is 0.272 e. The molecule has 1 fully saturated rings. The van der Waals surface area contributed by atoms with Crippen molar-refractivity contribution in [1.82, 2.24) is 14.9 Å². The molecular weight excluding hydrogens is 470 g/mol. The van der Waals surface area contributed by atoms with Gasteiger partial charge in [0.2, 0.25) is 5.88 Å². The van der Waals surface area contributed by atoms with Gasteiger partial charge in [-0.15, -0.1) is 0 Å². The lowest BCUT2D eigenvalue weighted by Gasteiger charge is -2.28. The summed E-state index contributed by atoms with van der Waals surface area (Å²) in [5.74, 6) is -1.59. The van der Waals surface area contributed by atoms with Gasteiger partial charge in [-0.1, -0.05) is 23.2 Å². The number of carbonyl (C=O) groups excluding carboxylic acids is 2. The number of nitrogens with zero attached hydrogens (tertiary/aromatic N) is 2. The third-order valence-electron chi connectivity index (χ3n) is 5.41. The number of nitrogens with one attached hydrogen (secondary N) is 2. The van der Waals surface area contributed by atoms with Gasteiger partial charge >= 0.3 is 0 Å². The number of likely N-dealkylation sites (tertiary alicyclic amines) is 1. The molecule has 172 valence electrons. The molecule has 7 nitrogen and oxygen atoms in total. The summed E-state index contributed by atoms with van der Waals surface area (Å²) >= 11 is 11.7. The van der Waals surface area contributed by atoms with Gasteiger partial charge in [-0.2, -0.15) is 0 Å². The van der Waals surface area contributed by atoms with Gasteiger partial charge in [0.05, 0.1) is 27.5 Å². The minimum absolute atomic E-state index is 0.0669. The van der Waals surface area contributed by atoms with Crippen molar-refractivity contribution in [2.75, 3.05) is 25.5 Å². The number of carbonyl (C=O) groups is 2. The lowest BCUT2D eigenvalue weighted by atomic mass is 10.0. The van der Waals surface area contributed by atoms with E-state index in [2.05, 4.69) is 27.2 Å². The Morgan fingerprint density at radius 3 is 2.61 bits per heavy atom. The number of ether oxygens (including phenoxy) is 1. The highest BCUT2D eigenvalue weighted by Crippen LogP contribution is 2.28. The molecule has 2 N–H and O–H groups in total. The molecule has 33 heavy (non-hydrogen) atoms. The van der Waals surface area contributed by atoms with Crippen LogP contribution in [-0.2, 0) is 0 Å². The van der Waals surface area contributed by atoms with Gasteiger partial charge in [0.25, 0.3) is 5.91 Å². The van der Waals surface area contributed by atoms with Gasteiger partial charge in [0, 0.05) is 30.9 Å². The molecule has 1 saturated heterocycles. The maximum absolute atomic E-state index is 14.3. The first-order valence-electron chi connectivity index (χ1n) is 10.3. The van der Waals surface area contributed by atoms with E-state index in [1.807, 2.05) is 0 Å². The SMILES string of the molecule is CN1CCC(Oc2ccc(NC(=O)c3cc(C(=O)c4c(Cl)ccc(Cl)c4F)c[nH]3)cn2)CC1. The number of H-pyrrole nitrogens is 1. The third kappa shape index (κ3) is 5.35. The molecule has 0 spiro atoms. The van der Waals surface area contributed by atoms with Gasteiger partial charge in [-0.3, -0.25) is 9.59 Å². The molecular formula is C23H21Cl2FN4O3. The number of aromatic nitrogens is 2. The van der Waals surface area contributed by atoms with Crippen LogP contribution in [0.25, 0.3) is 0 Å². The Labute approximate surface area is 199 Å². The molecule has 10 heteroatoms. The Morgan fingerprint density at radius 1 is 1.18 bits per heavy atom. The average molecular weight is 491 g/mol. The lowest BCUT2D eigenvalue weighted by molar-refractivity contribution is 0.102. The van der Waals surface area contributed by atoms with E-state index in [0.29, 0.717) is 11.6 Å². The van der Waals surface area contributed by atoms with Crippen LogP contribution < -0.4 is 10.1 Å². The molecule has 4 rings (SSSR count). The fraction of sp³-hybridized carbons (Fsp3) is 0.261. The molecule has 0 aliphatic carbocycles. The molecule has 0 unspecified atom stereocenters. The number of anilines is 1. The fourth-order valence-electron chi connectivity index (χ4n) is 3.53. The van der Waals surface area contributed by atoms with E-state index >= 15 is 0 Å². The zero-order chi connectivity index (χ0) is 23.5. The molecule has 1 aliphatic heterocycles. The molecule has 1 aromatic carbocycles. The maximum atomic E-state index is 14.3. The average Bonchev–Trinajstić information content (AvgIpc) is 3.30. The number of benzene rings is 1. The van der Waals surface area contributed by atoms with Gasteiger partial charge in [-0.05, 0) is 44.2 Å². The molecule has 1 amide bonds. The standard InChI is InChI=1S/C23H21Cl2FN4O3/c1-30-8-6-15(7-9-30)33-19-5-2-14(12-28-19)29-23(32)18-10-13(11-27-18)22(31)20-16(24)3-4-17(25)21(20)26/h2-5,10-12,15,27H,6-9H2,1H3,(H,29,32). The van der Waals surface area contributed by atoms with E-state index in [9.17, 15) is 14.0 Å². The van der Waals surface area contributed by atoms with Crippen molar-refractivity contribution in [3.8, 4) is 5.88 Å². The van der Waals surface area contributed by atoms with Crippen molar-refractivity contribution >= 4 is 40.6 Å². The predicted molar refractivity (Wildman–Crippen MR) is 124 cm³/mol. The Kier molecular flexibility index (Phi) is 6.97. The number of piperidine rings is 1. The summed E-state index contributed by atoms with van der Waals surface area (Å²) in [6.07, 6.45) is 4.81. The molecule has 0 atom stereocenters. The molecule has 3 aromatic rings. The topological polar surface area (TPSA) is 87.3 Å². The second-order valence-electron chi connectivity index (χ2n) is 7.81. The first-order valence-corrected chi connectivity index (χ1v) is 11.1. The number of hydrogen-bond donors (Lipinski definition) is 2. The Morgan fingerprint density at radius 2 is 1.91 bits per heavy atom. The number of ketones is 1. The Balaban J connectivity index is 1.40. The minimum Gasteiger partial charge on any atom is -0.474 e. The molecule has 0 bridgehead atoms. The number of rotatable bonds is 6. The summed E-state index contributed by atoms with van der Waals surface area (Å²) in [5.41, 5.74) is 0.299. The van der Waals surface area contributed by atoms with Crippen molar-refractivity contribution in [2.45, 2.75) is 18.9 Å². The van der Waals surface area contributed by atoms with Gasteiger partial charge in [0.1, 0.15) is 11.8 Å². The first kappa shape index (κ1) is 23.2. The van der Waals surface area contributed by atoms with Gasteiger partial charge < -0.3 is 19.9 Å². The smallest absolute Gasteiger partial charge is 0.272 e. The largest absolute Gasteiger partial charge is 0.474 e. The summed E-state index contributed by atoms with van der Waals surface area (Å²) in [4.78, 5) is 34.5. The summed E-state index contributed by atoms with van der Waals surface area (Å²) < 4.78 is 20.2. The number of halogens is 3. The fourth-order valence-corrected chi connectivity index (χ4v) is 3.92. The number of hydrogen-bond acceptors (Lipinski definition) is 5. The van der Waals surface area contributed by atoms with E-state index in [0.717, 1.165) is 25.9 Å². The molecule has 1 aliphatic rings. The predicted octanol–water partition coefficient (Wildman–Crippen LogP) is 4.81. The number of amides is 1. The van der Waals surface area contributed by atoms with Crippen molar-refractivity contribution in [3.05, 3.63) is 75.4 Å². The quantitative estimate of drug-likeness (QED) is 0.382. The van der Waals surface area contributed by atoms with Crippen LogP contribution in [0.4, 0.5) is 10.1 Å². The van der Waals surface area contributed by atoms with Crippen LogP contribution in [0.2, 0.25) is 10.0 Å². The normalized spacial score (nSPS) is 14.8. The zero-order valence-electron chi connectivity index (χ0n) is 17.7. The molecule has 2 aromatic heterocycles. The zero-order valence-corrected chi connectivity index (χ0v) is 19.2. The van der Waals surface area contributed by atoms with Crippen LogP contribution >= 0.6 is 23.2 Å². The van der Waals surface area contributed by atoms with Crippen molar-refractivity contribution in [2.24, 2.45) is 0 Å². The van der Waals surface area contributed by atoms with Crippen LogP contribution in [0, 0.1) is 5.82 Å².